The van der Waals surface area contributed by atoms with Gasteiger partial charge in [0.25, 0.3) is 0 Å². The summed E-state index contributed by atoms with van der Waals surface area (Å²) in [5.41, 5.74) is 0. The van der Waals surface area contributed by atoms with Gasteiger partial charge in [0.2, 0.25) is 5.91 Å². The zero-order chi connectivity index (χ0) is 11.3. The van der Waals surface area contributed by atoms with Gasteiger partial charge in [-0.3, -0.25) is 4.79 Å². The molecule has 2 unspecified atom stereocenters. The highest BCUT2D eigenvalue weighted by atomic mass is 16.2. The minimum absolute atomic E-state index is 0.0998. The molecule has 15 heavy (non-hydrogen) atoms. The highest BCUT2D eigenvalue weighted by Crippen LogP contribution is 2.16. The molecule has 0 spiro atoms. The molecule has 1 amide bonds. The van der Waals surface area contributed by atoms with Gasteiger partial charge in [0, 0.05) is 18.6 Å². The first-order valence-electron chi connectivity index (χ1n) is 5.77. The molecule has 1 rings (SSSR count). The SMILES string of the molecule is CC(CCCO)NC(=O)C(C)C1CNC1. The maximum absolute atomic E-state index is 11.7. The van der Waals surface area contributed by atoms with E-state index in [0.717, 1.165) is 25.9 Å². The Bertz CT molecular complexity index is 205. The summed E-state index contributed by atoms with van der Waals surface area (Å²) >= 11 is 0. The first-order valence-corrected chi connectivity index (χ1v) is 5.77. The van der Waals surface area contributed by atoms with Crippen LogP contribution in [0.1, 0.15) is 26.7 Å². The fourth-order valence-electron chi connectivity index (χ4n) is 1.72. The van der Waals surface area contributed by atoms with E-state index in [0.29, 0.717) is 5.92 Å². The summed E-state index contributed by atoms with van der Waals surface area (Å²) < 4.78 is 0. The van der Waals surface area contributed by atoms with Crippen molar-refractivity contribution >= 4 is 5.91 Å². The zero-order valence-corrected chi connectivity index (χ0v) is 9.62. The summed E-state index contributed by atoms with van der Waals surface area (Å²) in [4.78, 5) is 11.7. The molecule has 4 nitrogen and oxygen atoms in total. The number of hydrogen-bond acceptors (Lipinski definition) is 3. The highest BCUT2D eigenvalue weighted by molar-refractivity contribution is 5.79. The predicted octanol–water partition coefficient (Wildman–Crippen LogP) is 0.119. The molecular formula is C11H22N2O2. The lowest BCUT2D eigenvalue weighted by Crippen LogP contribution is -2.50. The van der Waals surface area contributed by atoms with Crippen LogP contribution in [0, 0.1) is 11.8 Å². The molecule has 2 atom stereocenters. The van der Waals surface area contributed by atoms with Crippen LogP contribution in [0.4, 0.5) is 0 Å². The maximum atomic E-state index is 11.7. The maximum Gasteiger partial charge on any atom is 0.223 e. The number of amides is 1. The first kappa shape index (κ1) is 12.5. The third-order valence-corrected chi connectivity index (χ3v) is 3.12. The van der Waals surface area contributed by atoms with E-state index >= 15 is 0 Å². The molecule has 0 radical (unpaired) electrons. The van der Waals surface area contributed by atoms with Crippen LogP contribution in [0.15, 0.2) is 0 Å². The number of hydrogen-bond donors (Lipinski definition) is 3. The molecule has 1 heterocycles. The largest absolute Gasteiger partial charge is 0.396 e. The Balaban J connectivity index is 2.21. The Morgan fingerprint density at radius 2 is 2.20 bits per heavy atom. The van der Waals surface area contributed by atoms with Crippen molar-refractivity contribution in [3.63, 3.8) is 0 Å². The Morgan fingerprint density at radius 1 is 1.53 bits per heavy atom. The normalized spacial score (nSPS) is 20.5. The van der Waals surface area contributed by atoms with Gasteiger partial charge in [-0.1, -0.05) is 6.92 Å². The van der Waals surface area contributed by atoms with Gasteiger partial charge in [0.1, 0.15) is 0 Å². The van der Waals surface area contributed by atoms with Gasteiger partial charge in [-0.05, 0) is 38.8 Å². The second-order valence-electron chi connectivity index (χ2n) is 4.48. The molecule has 4 heteroatoms. The number of carbonyl (C=O) groups excluding carboxylic acids is 1. The molecule has 1 saturated heterocycles. The summed E-state index contributed by atoms with van der Waals surface area (Å²) in [6.45, 7) is 6.08. The lowest BCUT2D eigenvalue weighted by molar-refractivity contribution is -0.127. The average molecular weight is 214 g/mol. The van der Waals surface area contributed by atoms with Crippen molar-refractivity contribution in [3.8, 4) is 0 Å². The van der Waals surface area contributed by atoms with Gasteiger partial charge in [0.15, 0.2) is 0 Å². The fourth-order valence-corrected chi connectivity index (χ4v) is 1.72. The Kier molecular flexibility index (Phi) is 5.05. The van der Waals surface area contributed by atoms with Crippen molar-refractivity contribution in [2.45, 2.75) is 32.7 Å². The van der Waals surface area contributed by atoms with Crippen molar-refractivity contribution in [1.82, 2.24) is 10.6 Å². The van der Waals surface area contributed by atoms with Gasteiger partial charge in [-0.25, -0.2) is 0 Å². The molecule has 0 saturated carbocycles. The second kappa shape index (κ2) is 6.08. The fraction of sp³-hybridized carbons (Fsp3) is 0.909. The summed E-state index contributed by atoms with van der Waals surface area (Å²) in [5, 5.41) is 14.8. The predicted molar refractivity (Wildman–Crippen MR) is 59.4 cm³/mol. The van der Waals surface area contributed by atoms with Crippen LogP contribution in [-0.2, 0) is 4.79 Å². The van der Waals surface area contributed by atoms with Crippen LogP contribution in [0.2, 0.25) is 0 Å². The van der Waals surface area contributed by atoms with Gasteiger partial charge in [-0.15, -0.1) is 0 Å². The van der Waals surface area contributed by atoms with Gasteiger partial charge >= 0.3 is 0 Å². The second-order valence-corrected chi connectivity index (χ2v) is 4.48. The third kappa shape index (κ3) is 3.80. The van der Waals surface area contributed by atoms with Crippen LogP contribution in [0.25, 0.3) is 0 Å². The molecule has 0 aromatic rings. The lowest BCUT2D eigenvalue weighted by atomic mass is 9.88. The summed E-state index contributed by atoms with van der Waals surface area (Å²) in [7, 11) is 0. The van der Waals surface area contributed by atoms with E-state index < -0.39 is 0 Å². The first-order chi connectivity index (χ1) is 7.15. The van der Waals surface area contributed by atoms with E-state index in [4.69, 9.17) is 5.11 Å². The van der Waals surface area contributed by atoms with Crippen LogP contribution >= 0.6 is 0 Å². The summed E-state index contributed by atoms with van der Waals surface area (Å²) in [6, 6.07) is 0.167. The monoisotopic (exact) mass is 214 g/mol. The number of rotatable bonds is 6. The average Bonchev–Trinajstić information content (AvgIpc) is 2.11. The Labute approximate surface area is 91.4 Å². The summed E-state index contributed by atoms with van der Waals surface area (Å²) in [6.07, 6.45) is 1.60. The van der Waals surface area contributed by atoms with Crippen molar-refractivity contribution in [2.75, 3.05) is 19.7 Å². The molecule has 88 valence electrons. The Morgan fingerprint density at radius 3 is 2.67 bits per heavy atom. The van der Waals surface area contributed by atoms with Gasteiger partial charge in [0.05, 0.1) is 0 Å². The van der Waals surface area contributed by atoms with Crippen molar-refractivity contribution < 1.29 is 9.90 Å². The molecule has 1 aliphatic rings. The minimum atomic E-state index is 0.0998. The number of aliphatic hydroxyl groups excluding tert-OH is 1. The smallest absolute Gasteiger partial charge is 0.223 e. The van der Waals surface area contributed by atoms with E-state index in [1.54, 1.807) is 0 Å². The molecule has 1 fully saturated rings. The van der Waals surface area contributed by atoms with E-state index in [-0.39, 0.29) is 24.5 Å². The summed E-state index contributed by atoms with van der Waals surface area (Å²) in [5.74, 6) is 0.741. The standard InChI is InChI=1S/C11H22N2O2/c1-8(4-3-5-14)13-11(15)9(2)10-6-12-7-10/h8-10,12,14H,3-7H2,1-2H3,(H,13,15). The highest BCUT2D eigenvalue weighted by Gasteiger charge is 2.28. The van der Waals surface area contributed by atoms with Gasteiger partial charge < -0.3 is 15.7 Å². The van der Waals surface area contributed by atoms with E-state index in [1.165, 1.54) is 0 Å². The van der Waals surface area contributed by atoms with Crippen LogP contribution in [-0.4, -0.2) is 36.8 Å². The third-order valence-electron chi connectivity index (χ3n) is 3.12. The molecule has 0 aliphatic carbocycles. The molecule has 0 aromatic carbocycles. The Hall–Kier alpha value is -0.610. The molecule has 3 N–H and O–H groups in total. The van der Waals surface area contributed by atoms with Crippen molar-refractivity contribution in [1.29, 1.82) is 0 Å². The van der Waals surface area contributed by atoms with E-state index in [9.17, 15) is 4.79 Å². The van der Waals surface area contributed by atoms with Crippen LogP contribution < -0.4 is 10.6 Å². The van der Waals surface area contributed by atoms with E-state index in [2.05, 4.69) is 10.6 Å². The van der Waals surface area contributed by atoms with Crippen LogP contribution in [0.5, 0.6) is 0 Å². The van der Waals surface area contributed by atoms with Crippen molar-refractivity contribution in [3.05, 3.63) is 0 Å². The quantitative estimate of drug-likeness (QED) is 0.588. The topological polar surface area (TPSA) is 61.4 Å². The number of aliphatic hydroxyl groups is 1. The number of carbonyl (C=O) groups is 1. The zero-order valence-electron chi connectivity index (χ0n) is 9.62. The lowest BCUT2D eigenvalue weighted by Gasteiger charge is -2.32. The van der Waals surface area contributed by atoms with E-state index in [1.807, 2.05) is 13.8 Å². The van der Waals surface area contributed by atoms with Crippen molar-refractivity contribution in [2.24, 2.45) is 11.8 Å². The number of nitrogens with one attached hydrogen (secondary N) is 2. The molecular weight excluding hydrogens is 192 g/mol. The van der Waals surface area contributed by atoms with Gasteiger partial charge in [-0.2, -0.15) is 0 Å². The minimum Gasteiger partial charge on any atom is -0.396 e. The molecule has 0 bridgehead atoms. The molecule has 0 aromatic heterocycles. The molecule has 1 aliphatic heterocycles. The van der Waals surface area contributed by atoms with Crippen LogP contribution in [0.3, 0.4) is 0 Å².